The molecule has 2 rings (SSSR count). The van der Waals surface area contributed by atoms with E-state index in [1.54, 1.807) is 25.1 Å². The summed E-state index contributed by atoms with van der Waals surface area (Å²) in [5.74, 6) is 0.127. The van der Waals surface area contributed by atoms with Gasteiger partial charge in [0.25, 0.3) is 5.91 Å². The maximum absolute atomic E-state index is 11.1. The fourth-order valence-electron chi connectivity index (χ4n) is 1.35. The number of aryl methyl sites for hydroxylation is 1. The van der Waals surface area contributed by atoms with Gasteiger partial charge in [0.1, 0.15) is 5.82 Å². The van der Waals surface area contributed by atoms with E-state index in [2.05, 4.69) is 14.7 Å². The zero-order valence-electron chi connectivity index (χ0n) is 9.10. The predicted octanol–water partition coefficient (Wildman–Crippen LogP) is 1.27. The van der Waals surface area contributed by atoms with Crippen LogP contribution in [0.3, 0.4) is 0 Å². The summed E-state index contributed by atoms with van der Waals surface area (Å²) in [4.78, 5) is 15.3. The molecule has 0 bridgehead atoms. The van der Waals surface area contributed by atoms with Gasteiger partial charge in [-0.15, -0.1) is 0 Å². The highest BCUT2D eigenvalue weighted by Crippen LogP contribution is 2.26. The summed E-state index contributed by atoms with van der Waals surface area (Å²) in [5, 5.41) is 3.62. The number of benzene rings is 1. The Bertz CT molecular complexity index is 566. The molecule has 5 N–H and O–H groups in total. The number of hydrogen-bond acceptors (Lipinski definition) is 6. The number of carbonyl (C=O) groups excluding carboxylic acids is 1. The van der Waals surface area contributed by atoms with Crippen LogP contribution in [0.5, 0.6) is 0 Å². The number of carbonyl (C=O) groups is 1. The number of nitrogen functional groups attached to an aromatic ring is 1. The summed E-state index contributed by atoms with van der Waals surface area (Å²) < 4.78 is 4.04. The van der Waals surface area contributed by atoms with E-state index >= 15 is 0 Å². The number of nitrogens with zero attached hydrogens (tertiary/aromatic N) is 2. The first-order chi connectivity index (χ1) is 8.08. The monoisotopic (exact) mass is 249 g/mol. The van der Waals surface area contributed by atoms with E-state index < -0.39 is 5.91 Å². The molecule has 0 saturated carbocycles. The molecule has 0 spiro atoms. The van der Waals surface area contributed by atoms with E-state index in [9.17, 15) is 4.79 Å². The first-order valence-corrected chi connectivity index (χ1v) is 5.61. The molecule has 0 saturated heterocycles. The maximum Gasteiger partial charge on any atom is 0.250 e. The van der Waals surface area contributed by atoms with Crippen molar-refractivity contribution in [2.24, 2.45) is 5.73 Å². The van der Waals surface area contributed by atoms with Gasteiger partial charge in [0.2, 0.25) is 5.13 Å². The molecular weight excluding hydrogens is 238 g/mol. The Hall–Kier alpha value is -2.15. The molecule has 2 aromatic rings. The molecule has 0 atom stereocenters. The molecule has 1 amide bonds. The van der Waals surface area contributed by atoms with Gasteiger partial charge in [-0.1, -0.05) is 6.07 Å². The molecular formula is C10H11N5OS. The first kappa shape index (κ1) is 11.3. The van der Waals surface area contributed by atoms with E-state index in [0.29, 0.717) is 22.3 Å². The average Bonchev–Trinajstić information content (AvgIpc) is 2.67. The van der Waals surface area contributed by atoms with Gasteiger partial charge in [0.05, 0.1) is 16.9 Å². The zero-order valence-corrected chi connectivity index (χ0v) is 9.91. The largest absolute Gasteiger partial charge is 0.396 e. The predicted molar refractivity (Wildman–Crippen MR) is 67.3 cm³/mol. The van der Waals surface area contributed by atoms with Gasteiger partial charge in [-0.3, -0.25) is 4.79 Å². The van der Waals surface area contributed by atoms with Crippen LogP contribution in [-0.2, 0) is 0 Å². The lowest BCUT2D eigenvalue weighted by Gasteiger charge is -2.08. The fourth-order valence-corrected chi connectivity index (χ4v) is 1.94. The van der Waals surface area contributed by atoms with Gasteiger partial charge in [-0.2, -0.15) is 4.37 Å². The number of primary amides is 1. The van der Waals surface area contributed by atoms with Crippen molar-refractivity contribution in [3.05, 3.63) is 29.6 Å². The van der Waals surface area contributed by atoms with Crippen molar-refractivity contribution >= 4 is 33.9 Å². The third kappa shape index (κ3) is 2.34. The number of nitrogens with one attached hydrogen (secondary N) is 1. The fraction of sp³-hybridized carbons (Fsp3) is 0.100. The third-order valence-electron chi connectivity index (χ3n) is 2.14. The third-order valence-corrected chi connectivity index (χ3v) is 2.86. The van der Waals surface area contributed by atoms with Crippen LogP contribution in [0.15, 0.2) is 18.2 Å². The van der Waals surface area contributed by atoms with E-state index in [1.165, 1.54) is 11.5 Å². The van der Waals surface area contributed by atoms with E-state index in [-0.39, 0.29) is 5.56 Å². The summed E-state index contributed by atoms with van der Waals surface area (Å²) in [6.07, 6.45) is 0. The lowest BCUT2D eigenvalue weighted by Crippen LogP contribution is -2.14. The van der Waals surface area contributed by atoms with Gasteiger partial charge in [-0.05, 0) is 19.1 Å². The maximum atomic E-state index is 11.1. The van der Waals surface area contributed by atoms with Gasteiger partial charge < -0.3 is 16.8 Å². The Kier molecular flexibility index (Phi) is 2.92. The second-order valence-corrected chi connectivity index (χ2v) is 4.15. The quantitative estimate of drug-likeness (QED) is 0.710. The molecule has 88 valence electrons. The van der Waals surface area contributed by atoms with Crippen molar-refractivity contribution in [2.75, 3.05) is 11.1 Å². The average molecular weight is 249 g/mol. The Morgan fingerprint density at radius 3 is 2.82 bits per heavy atom. The minimum atomic E-state index is -0.556. The number of hydrogen-bond donors (Lipinski definition) is 3. The zero-order chi connectivity index (χ0) is 12.4. The van der Waals surface area contributed by atoms with Gasteiger partial charge in [0, 0.05) is 11.5 Å². The van der Waals surface area contributed by atoms with Crippen molar-refractivity contribution in [2.45, 2.75) is 6.92 Å². The summed E-state index contributed by atoms with van der Waals surface area (Å²) in [6, 6.07) is 5.03. The number of amides is 1. The molecule has 0 aliphatic rings. The second-order valence-electron chi connectivity index (χ2n) is 3.40. The lowest BCUT2D eigenvalue weighted by molar-refractivity contribution is 0.100. The number of anilines is 3. The number of nitrogens with two attached hydrogens (primary N) is 2. The van der Waals surface area contributed by atoms with Gasteiger partial charge in [0.15, 0.2) is 0 Å². The van der Waals surface area contributed by atoms with Crippen LogP contribution in [0.1, 0.15) is 16.2 Å². The van der Waals surface area contributed by atoms with Crippen molar-refractivity contribution in [3.63, 3.8) is 0 Å². The van der Waals surface area contributed by atoms with E-state index in [0.717, 1.165) is 0 Å². The molecule has 1 aromatic carbocycles. The normalized spacial score (nSPS) is 10.2. The summed E-state index contributed by atoms with van der Waals surface area (Å²) in [5.41, 5.74) is 12.2. The molecule has 0 aliphatic heterocycles. The van der Waals surface area contributed by atoms with Crippen molar-refractivity contribution in [1.82, 2.24) is 9.36 Å². The van der Waals surface area contributed by atoms with Crippen molar-refractivity contribution in [1.29, 1.82) is 0 Å². The van der Waals surface area contributed by atoms with E-state index in [4.69, 9.17) is 11.5 Å². The Balaban J connectivity index is 2.33. The Morgan fingerprint density at radius 2 is 2.24 bits per heavy atom. The first-order valence-electron chi connectivity index (χ1n) is 4.83. The molecule has 1 aromatic heterocycles. The van der Waals surface area contributed by atoms with Crippen LogP contribution in [0, 0.1) is 6.92 Å². The molecule has 0 unspecified atom stereocenters. The highest BCUT2D eigenvalue weighted by Gasteiger charge is 2.10. The standard InChI is InChI=1S/C10H11N5OS/c1-5-13-10(17-15-5)14-7-4-2-3-6(8(7)11)9(12)16/h2-4H,11H2,1H3,(H2,12,16)(H,13,14,15). The Labute approximate surface area is 102 Å². The van der Waals surface area contributed by atoms with Gasteiger partial charge in [-0.25, -0.2) is 4.98 Å². The summed E-state index contributed by atoms with van der Waals surface area (Å²) in [7, 11) is 0. The highest BCUT2D eigenvalue weighted by atomic mass is 32.1. The van der Waals surface area contributed by atoms with Crippen LogP contribution in [0.4, 0.5) is 16.5 Å². The number of aromatic nitrogens is 2. The molecule has 0 fully saturated rings. The second kappa shape index (κ2) is 4.38. The number of para-hydroxylation sites is 1. The number of rotatable bonds is 3. The molecule has 6 nitrogen and oxygen atoms in total. The van der Waals surface area contributed by atoms with E-state index in [1.807, 2.05) is 0 Å². The Morgan fingerprint density at radius 1 is 1.47 bits per heavy atom. The summed E-state index contributed by atoms with van der Waals surface area (Å²) in [6.45, 7) is 1.80. The minimum Gasteiger partial charge on any atom is -0.396 e. The summed E-state index contributed by atoms with van der Waals surface area (Å²) >= 11 is 1.22. The van der Waals surface area contributed by atoms with Crippen LogP contribution in [-0.4, -0.2) is 15.3 Å². The smallest absolute Gasteiger partial charge is 0.250 e. The highest BCUT2D eigenvalue weighted by molar-refractivity contribution is 7.09. The molecule has 17 heavy (non-hydrogen) atoms. The SMILES string of the molecule is Cc1nsc(Nc2cccc(C(N)=O)c2N)n1. The molecule has 0 aliphatic carbocycles. The van der Waals surface area contributed by atoms with Gasteiger partial charge >= 0.3 is 0 Å². The topological polar surface area (TPSA) is 107 Å². The van der Waals surface area contributed by atoms with Crippen LogP contribution in [0.25, 0.3) is 0 Å². The van der Waals surface area contributed by atoms with Crippen LogP contribution >= 0.6 is 11.5 Å². The molecule has 1 heterocycles. The van der Waals surface area contributed by atoms with Crippen LogP contribution in [0.2, 0.25) is 0 Å². The van der Waals surface area contributed by atoms with Crippen molar-refractivity contribution < 1.29 is 4.79 Å². The lowest BCUT2D eigenvalue weighted by atomic mass is 10.1. The minimum absolute atomic E-state index is 0.288. The molecule has 7 heteroatoms. The van der Waals surface area contributed by atoms with Crippen LogP contribution < -0.4 is 16.8 Å². The van der Waals surface area contributed by atoms with Crippen molar-refractivity contribution in [3.8, 4) is 0 Å². The molecule has 0 radical (unpaired) electrons.